The van der Waals surface area contributed by atoms with E-state index in [1.54, 1.807) is 18.0 Å². The van der Waals surface area contributed by atoms with E-state index in [1.807, 2.05) is 12.1 Å². The molecule has 0 unspecified atom stereocenters. The number of carbonyl (C=O) groups is 1. The van der Waals surface area contributed by atoms with Crippen molar-refractivity contribution in [2.45, 2.75) is 25.8 Å². The van der Waals surface area contributed by atoms with Crippen LogP contribution in [-0.2, 0) is 24.8 Å². The lowest BCUT2D eigenvalue weighted by Gasteiger charge is -2.32. The average Bonchev–Trinajstić information content (AvgIpc) is 2.91. The van der Waals surface area contributed by atoms with Crippen molar-refractivity contribution >= 4 is 29.1 Å². The Labute approximate surface area is 155 Å². The summed E-state index contributed by atoms with van der Waals surface area (Å²) in [5.74, 6) is 0.401. The van der Waals surface area contributed by atoms with E-state index in [4.69, 9.17) is 23.2 Å². The molecular weight excluding hydrogens is 363 g/mol. The highest BCUT2D eigenvalue weighted by Crippen LogP contribution is 2.27. The first-order valence-electron chi connectivity index (χ1n) is 8.24. The summed E-state index contributed by atoms with van der Waals surface area (Å²) < 4.78 is 2.55. The van der Waals surface area contributed by atoms with Crippen molar-refractivity contribution in [2.75, 3.05) is 13.1 Å². The largest absolute Gasteiger partial charge is 0.345 e. The Bertz CT molecular complexity index is 822. The summed E-state index contributed by atoms with van der Waals surface area (Å²) in [5.41, 5.74) is 0.776. The molecule has 0 spiro atoms. The number of rotatable bonds is 4. The summed E-state index contributed by atoms with van der Waals surface area (Å²) in [7, 11) is 1.61. The van der Waals surface area contributed by atoms with Crippen LogP contribution in [0, 0.1) is 5.92 Å². The van der Waals surface area contributed by atoms with Gasteiger partial charge in [0.1, 0.15) is 12.9 Å². The van der Waals surface area contributed by atoms with Crippen LogP contribution in [0.1, 0.15) is 18.4 Å². The van der Waals surface area contributed by atoms with Crippen LogP contribution >= 0.6 is 23.2 Å². The highest BCUT2D eigenvalue weighted by atomic mass is 35.5. The van der Waals surface area contributed by atoms with Gasteiger partial charge in [-0.05, 0) is 48.9 Å². The number of aryl methyl sites for hydroxylation is 1. The Morgan fingerprint density at radius 1 is 1.28 bits per heavy atom. The molecule has 1 aliphatic heterocycles. The van der Waals surface area contributed by atoms with E-state index >= 15 is 0 Å². The van der Waals surface area contributed by atoms with Crippen LogP contribution in [0.5, 0.6) is 0 Å². The van der Waals surface area contributed by atoms with Crippen LogP contribution in [0.4, 0.5) is 0 Å². The molecule has 1 aromatic carbocycles. The molecule has 1 saturated heterocycles. The molecule has 1 aliphatic rings. The van der Waals surface area contributed by atoms with Gasteiger partial charge in [0.25, 0.3) is 0 Å². The Kier molecular flexibility index (Phi) is 5.49. The third kappa shape index (κ3) is 4.25. The minimum Gasteiger partial charge on any atom is -0.341 e. The normalized spacial score (nSPS) is 15.6. The number of carbonyl (C=O) groups excluding carboxylic acids is 1. The van der Waals surface area contributed by atoms with Gasteiger partial charge in [-0.1, -0.05) is 23.2 Å². The minimum atomic E-state index is -0.279. The molecule has 3 rings (SSSR count). The highest BCUT2D eigenvalue weighted by Gasteiger charge is 2.24. The van der Waals surface area contributed by atoms with Crippen LogP contribution in [-0.4, -0.2) is 38.2 Å². The number of benzene rings is 1. The predicted molar refractivity (Wildman–Crippen MR) is 96.9 cm³/mol. The van der Waals surface area contributed by atoms with Gasteiger partial charge in [0.15, 0.2) is 0 Å². The van der Waals surface area contributed by atoms with Crippen LogP contribution in [0.2, 0.25) is 10.0 Å². The molecule has 2 heterocycles. The van der Waals surface area contributed by atoms with E-state index in [0.717, 1.165) is 29.8 Å². The van der Waals surface area contributed by atoms with Gasteiger partial charge in [-0.25, -0.2) is 9.48 Å². The van der Waals surface area contributed by atoms with Gasteiger partial charge in [0, 0.05) is 30.2 Å². The summed E-state index contributed by atoms with van der Waals surface area (Å²) >= 11 is 12.3. The first-order valence-corrected chi connectivity index (χ1v) is 9.00. The van der Waals surface area contributed by atoms with Crippen LogP contribution in [0.25, 0.3) is 0 Å². The maximum absolute atomic E-state index is 12.4. The number of halogens is 2. The molecular formula is C17H20Cl2N4O2. The lowest BCUT2D eigenvalue weighted by Crippen LogP contribution is -2.42. The number of hydrogen-bond acceptors (Lipinski definition) is 3. The van der Waals surface area contributed by atoms with Crippen LogP contribution in [0.15, 0.2) is 29.3 Å². The molecule has 0 N–H and O–H groups in total. The molecule has 0 atom stereocenters. The maximum Gasteiger partial charge on any atom is 0.345 e. The summed E-state index contributed by atoms with van der Waals surface area (Å²) in [6.07, 6.45) is 4.09. The molecule has 1 aromatic heterocycles. The smallest absolute Gasteiger partial charge is 0.341 e. The minimum absolute atomic E-state index is 0.00946. The van der Waals surface area contributed by atoms with E-state index in [2.05, 4.69) is 5.10 Å². The monoisotopic (exact) mass is 382 g/mol. The SMILES string of the molecule is Cn1cnn(CC(=O)N2CCC(Cc3cc(Cl)ccc3Cl)CC2)c1=O. The van der Waals surface area contributed by atoms with Gasteiger partial charge < -0.3 is 4.90 Å². The third-order valence-electron chi connectivity index (χ3n) is 4.66. The second-order valence-electron chi connectivity index (χ2n) is 6.45. The zero-order chi connectivity index (χ0) is 18.0. The lowest BCUT2D eigenvalue weighted by atomic mass is 9.90. The van der Waals surface area contributed by atoms with E-state index in [-0.39, 0.29) is 18.1 Å². The number of piperidine rings is 1. The predicted octanol–water partition coefficient (Wildman–Crippen LogP) is 2.37. The van der Waals surface area contributed by atoms with Crippen molar-refractivity contribution < 1.29 is 4.79 Å². The summed E-state index contributed by atoms with van der Waals surface area (Å²) in [6.45, 7) is 1.36. The van der Waals surface area contributed by atoms with E-state index in [1.165, 1.54) is 15.6 Å². The average molecular weight is 383 g/mol. The molecule has 25 heavy (non-hydrogen) atoms. The van der Waals surface area contributed by atoms with Gasteiger partial charge in [0.2, 0.25) is 5.91 Å². The summed E-state index contributed by atoms with van der Waals surface area (Å²) in [4.78, 5) is 25.9. The second-order valence-corrected chi connectivity index (χ2v) is 7.29. The first kappa shape index (κ1) is 18.0. The molecule has 1 amide bonds. The molecule has 134 valence electrons. The molecule has 6 nitrogen and oxygen atoms in total. The second kappa shape index (κ2) is 7.62. The van der Waals surface area contributed by atoms with Gasteiger partial charge >= 0.3 is 5.69 Å². The molecule has 0 saturated carbocycles. The zero-order valence-corrected chi connectivity index (χ0v) is 15.5. The van der Waals surface area contributed by atoms with Gasteiger partial charge in [-0.15, -0.1) is 0 Å². The fourth-order valence-corrected chi connectivity index (χ4v) is 3.54. The number of aromatic nitrogens is 3. The quantitative estimate of drug-likeness (QED) is 0.815. The van der Waals surface area contributed by atoms with E-state index in [0.29, 0.717) is 24.0 Å². The van der Waals surface area contributed by atoms with Crippen molar-refractivity contribution in [2.24, 2.45) is 13.0 Å². The van der Waals surface area contributed by atoms with Crippen LogP contribution < -0.4 is 5.69 Å². The molecule has 0 radical (unpaired) electrons. The van der Waals surface area contributed by atoms with Crippen molar-refractivity contribution in [3.8, 4) is 0 Å². The Hall–Kier alpha value is -1.79. The number of likely N-dealkylation sites (tertiary alicyclic amines) is 1. The fraction of sp³-hybridized carbons (Fsp3) is 0.471. The van der Waals surface area contributed by atoms with Crippen molar-refractivity contribution in [3.63, 3.8) is 0 Å². The van der Waals surface area contributed by atoms with Crippen molar-refractivity contribution in [3.05, 3.63) is 50.6 Å². The molecule has 0 aliphatic carbocycles. The third-order valence-corrected chi connectivity index (χ3v) is 5.26. The Balaban J connectivity index is 1.54. The Morgan fingerprint density at radius 3 is 2.64 bits per heavy atom. The summed E-state index contributed by atoms with van der Waals surface area (Å²) in [6, 6.07) is 5.52. The highest BCUT2D eigenvalue weighted by molar-refractivity contribution is 6.33. The van der Waals surface area contributed by atoms with Crippen LogP contribution in [0.3, 0.4) is 0 Å². The molecule has 2 aromatic rings. The molecule has 1 fully saturated rings. The van der Waals surface area contributed by atoms with Crippen molar-refractivity contribution in [1.82, 2.24) is 19.2 Å². The van der Waals surface area contributed by atoms with Gasteiger partial charge in [-0.3, -0.25) is 9.36 Å². The zero-order valence-electron chi connectivity index (χ0n) is 14.0. The Morgan fingerprint density at radius 2 is 2.00 bits per heavy atom. The fourth-order valence-electron chi connectivity index (χ4n) is 3.15. The van der Waals surface area contributed by atoms with Crippen molar-refractivity contribution in [1.29, 1.82) is 0 Å². The summed E-state index contributed by atoms with van der Waals surface area (Å²) in [5, 5.41) is 5.35. The number of nitrogens with zero attached hydrogens (tertiary/aromatic N) is 4. The van der Waals surface area contributed by atoms with Gasteiger partial charge in [0.05, 0.1) is 0 Å². The maximum atomic E-state index is 12.4. The topological polar surface area (TPSA) is 60.1 Å². The lowest BCUT2D eigenvalue weighted by molar-refractivity contribution is -0.133. The van der Waals surface area contributed by atoms with Gasteiger partial charge in [-0.2, -0.15) is 5.10 Å². The number of amides is 1. The van der Waals surface area contributed by atoms with E-state index < -0.39 is 0 Å². The molecule has 8 heteroatoms. The van der Waals surface area contributed by atoms with E-state index in [9.17, 15) is 9.59 Å². The number of hydrogen-bond donors (Lipinski definition) is 0. The standard InChI is InChI=1S/C17H20Cl2N4O2/c1-21-11-20-23(17(21)25)10-16(24)22-6-4-12(5-7-22)8-13-9-14(18)2-3-15(13)19/h2-3,9,11-12H,4-8,10H2,1H3. The molecule has 0 bridgehead atoms. The first-order chi connectivity index (χ1) is 11.9.